The third-order valence-electron chi connectivity index (χ3n) is 3.30. The molecule has 0 unspecified atom stereocenters. The van der Waals surface area contributed by atoms with Crippen LogP contribution in [0.1, 0.15) is 18.1 Å². The van der Waals surface area contributed by atoms with Crippen molar-refractivity contribution >= 4 is 57.5 Å². The van der Waals surface area contributed by atoms with E-state index in [4.69, 9.17) is 11.6 Å². The fourth-order valence-corrected chi connectivity index (χ4v) is 2.84. The van der Waals surface area contributed by atoms with Gasteiger partial charge in [-0.2, -0.15) is 0 Å². The summed E-state index contributed by atoms with van der Waals surface area (Å²) in [5.74, 6) is -0.302. The summed E-state index contributed by atoms with van der Waals surface area (Å²) in [5.41, 5.74) is 2.14. The minimum atomic E-state index is -0.557. The topological polar surface area (TPSA) is 72.2 Å². The third-order valence-corrected chi connectivity index (χ3v) is 4.29. The van der Waals surface area contributed by atoms with E-state index in [1.807, 2.05) is 25.1 Å². The van der Waals surface area contributed by atoms with Crippen LogP contribution in [0.15, 0.2) is 42.5 Å². The highest BCUT2D eigenvalue weighted by atomic mass is 127. The normalized spacial score (nSPS) is 10.8. The van der Waals surface area contributed by atoms with Crippen LogP contribution in [0, 0.1) is 13.7 Å². The number of halogens is 2. The molecule has 0 saturated carbocycles. The van der Waals surface area contributed by atoms with Crippen molar-refractivity contribution in [3.8, 4) is 0 Å². The number of benzene rings is 2. The Morgan fingerprint density at radius 1 is 1.33 bits per heavy atom. The Bertz CT molecular complexity index is 821. The molecule has 124 valence electrons. The van der Waals surface area contributed by atoms with E-state index in [9.17, 15) is 14.9 Å². The van der Waals surface area contributed by atoms with Gasteiger partial charge in [0.05, 0.1) is 4.92 Å². The molecule has 24 heavy (non-hydrogen) atoms. The number of amides is 1. The Kier molecular flexibility index (Phi) is 6.33. The van der Waals surface area contributed by atoms with Crippen molar-refractivity contribution in [1.29, 1.82) is 0 Å². The van der Waals surface area contributed by atoms with Crippen molar-refractivity contribution in [3.05, 3.63) is 72.3 Å². The molecular weight excluding hydrogens is 443 g/mol. The lowest BCUT2D eigenvalue weighted by Gasteiger charge is -2.08. The highest BCUT2D eigenvalue weighted by Gasteiger charge is 2.11. The van der Waals surface area contributed by atoms with Crippen molar-refractivity contribution in [3.63, 3.8) is 0 Å². The fourth-order valence-electron chi connectivity index (χ4n) is 2.10. The standard InChI is InChI=1S/C17H14ClIN2O3/c1-2-12-10-13(19)5-7-15(12)20-17(22)8-4-11-3-6-14(18)16(9-11)21(23)24/h3-10H,2H2,1H3,(H,20,22). The second-order valence-electron chi connectivity index (χ2n) is 4.95. The molecule has 0 aromatic heterocycles. The quantitative estimate of drug-likeness (QED) is 0.296. The Morgan fingerprint density at radius 3 is 2.75 bits per heavy atom. The van der Waals surface area contributed by atoms with E-state index < -0.39 is 4.92 Å². The summed E-state index contributed by atoms with van der Waals surface area (Å²) >= 11 is 7.98. The summed E-state index contributed by atoms with van der Waals surface area (Å²) in [6.45, 7) is 2.02. The molecule has 0 spiro atoms. The third kappa shape index (κ3) is 4.78. The Morgan fingerprint density at radius 2 is 2.08 bits per heavy atom. The predicted molar refractivity (Wildman–Crippen MR) is 104 cm³/mol. The lowest BCUT2D eigenvalue weighted by molar-refractivity contribution is -0.384. The van der Waals surface area contributed by atoms with Crippen LogP contribution >= 0.6 is 34.2 Å². The van der Waals surface area contributed by atoms with Crippen LogP contribution in [0.4, 0.5) is 11.4 Å². The molecule has 0 radical (unpaired) electrons. The van der Waals surface area contributed by atoms with Crippen molar-refractivity contribution in [2.45, 2.75) is 13.3 Å². The van der Waals surface area contributed by atoms with Gasteiger partial charge in [-0.3, -0.25) is 14.9 Å². The smallest absolute Gasteiger partial charge is 0.288 e. The van der Waals surface area contributed by atoms with Gasteiger partial charge in [0.2, 0.25) is 5.91 Å². The molecule has 2 aromatic carbocycles. The second-order valence-corrected chi connectivity index (χ2v) is 6.60. The number of carbonyl (C=O) groups excluding carboxylic acids is 1. The molecule has 2 rings (SSSR count). The average molecular weight is 457 g/mol. The van der Waals surface area contributed by atoms with Crippen molar-refractivity contribution in [2.75, 3.05) is 5.32 Å². The number of hydrogen-bond donors (Lipinski definition) is 1. The predicted octanol–water partition coefficient (Wildman–Crippen LogP) is 5.07. The van der Waals surface area contributed by atoms with Gasteiger partial charge in [0, 0.05) is 21.4 Å². The molecule has 0 aliphatic heterocycles. The highest BCUT2D eigenvalue weighted by Crippen LogP contribution is 2.25. The number of nitro groups is 1. The number of anilines is 1. The van der Waals surface area contributed by atoms with E-state index in [1.54, 1.807) is 6.07 Å². The van der Waals surface area contributed by atoms with Gasteiger partial charge in [0.1, 0.15) is 5.02 Å². The molecule has 2 aromatic rings. The number of aryl methyl sites for hydroxylation is 1. The molecule has 0 bridgehead atoms. The Balaban J connectivity index is 2.14. The van der Waals surface area contributed by atoms with Gasteiger partial charge in [-0.25, -0.2) is 0 Å². The van der Waals surface area contributed by atoms with Crippen LogP contribution in [-0.4, -0.2) is 10.8 Å². The van der Waals surface area contributed by atoms with E-state index >= 15 is 0 Å². The number of nitro benzene ring substituents is 1. The van der Waals surface area contributed by atoms with Crippen LogP contribution in [0.2, 0.25) is 5.02 Å². The van der Waals surface area contributed by atoms with Gasteiger partial charge >= 0.3 is 0 Å². The lowest BCUT2D eigenvalue weighted by atomic mass is 10.1. The number of carbonyl (C=O) groups is 1. The maximum absolute atomic E-state index is 12.1. The first-order valence-corrected chi connectivity index (χ1v) is 8.57. The first-order chi connectivity index (χ1) is 11.4. The SMILES string of the molecule is CCc1cc(I)ccc1NC(=O)C=Cc1ccc(Cl)c([N+](=O)[O-])c1. The zero-order valence-corrected chi connectivity index (χ0v) is 15.7. The fraction of sp³-hybridized carbons (Fsp3) is 0.118. The van der Waals surface area contributed by atoms with Gasteiger partial charge in [-0.1, -0.05) is 24.6 Å². The van der Waals surface area contributed by atoms with E-state index in [0.29, 0.717) is 5.56 Å². The number of rotatable bonds is 5. The van der Waals surface area contributed by atoms with Gasteiger partial charge in [-0.05, 0) is 70.5 Å². The van der Waals surface area contributed by atoms with Crippen molar-refractivity contribution in [2.24, 2.45) is 0 Å². The van der Waals surface area contributed by atoms with Gasteiger partial charge in [-0.15, -0.1) is 0 Å². The number of nitrogens with one attached hydrogen (secondary N) is 1. The molecule has 0 aliphatic carbocycles. The maximum atomic E-state index is 12.1. The van der Waals surface area contributed by atoms with Crippen molar-refractivity contribution in [1.82, 2.24) is 0 Å². The lowest BCUT2D eigenvalue weighted by Crippen LogP contribution is -2.09. The van der Waals surface area contributed by atoms with E-state index in [2.05, 4.69) is 27.9 Å². The van der Waals surface area contributed by atoms with E-state index in [0.717, 1.165) is 21.2 Å². The van der Waals surface area contributed by atoms with Crippen LogP contribution in [0.25, 0.3) is 6.08 Å². The summed E-state index contributed by atoms with van der Waals surface area (Å²) in [5, 5.41) is 13.8. The largest absolute Gasteiger partial charge is 0.322 e. The molecule has 1 amide bonds. The van der Waals surface area contributed by atoms with Gasteiger partial charge in [0.15, 0.2) is 0 Å². The zero-order valence-electron chi connectivity index (χ0n) is 12.8. The average Bonchev–Trinajstić information content (AvgIpc) is 2.55. The molecule has 5 nitrogen and oxygen atoms in total. The molecule has 0 atom stereocenters. The molecule has 1 N–H and O–H groups in total. The first-order valence-electron chi connectivity index (χ1n) is 7.12. The van der Waals surface area contributed by atoms with Crippen LogP contribution in [0.3, 0.4) is 0 Å². The summed E-state index contributed by atoms with van der Waals surface area (Å²) in [6, 6.07) is 10.2. The molecule has 0 fully saturated rings. The monoisotopic (exact) mass is 456 g/mol. The van der Waals surface area contributed by atoms with Crippen LogP contribution in [0.5, 0.6) is 0 Å². The van der Waals surface area contributed by atoms with Crippen LogP contribution < -0.4 is 5.32 Å². The molecular formula is C17H14ClIN2O3. The summed E-state index contributed by atoms with van der Waals surface area (Å²) in [7, 11) is 0. The van der Waals surface area contributed by atoms with Crippen LogP contribution in [-0.2, 0) is 11.2 Å². The minimum absolute atomic E-state index is 0.0630. The van der Waals surface area contributed by atoms with E-state index in [1.165, 1.54) is 24.3 Å². The zero-order chi connectivity index (χ0) is 17.7. The van der Waals surface area contributed by atoms with E-state index in [-0.39, 0.29) is 16.6 Å². The molecule has 7 heteroatoms. The summed E-state index contributed by atoms with van der Waals surface area (Å²) in [6.07, 6.45) is 3.65. The second kappa shape index (κ2) is 8.25. The maximum Gasteiger partial charge on any atom is 0.288 e. The minimum Gasteiger partial charge on any atom is -0.322 e. The molecule has 0 saturated heterocycles. The van der Waals surface area contributed by atoms with Gasteiger partial charge in [0.25, 0.3) is 5.69 Å². The highest BCUT2D eigenvalue weighted by molar-refractivity contribution is 14.1. The summed E-state index contributed by atoms with van der Waals surface area (Å²) < 4.78 is 1.10. The Labute approximate surface area is 158 Å². The Hall–Kier alpha value is -1.93. The van der Waals surface area contributed by atoms with Crippen molar-refractivity contribution < 1.29 is 9.72 Å². The summed E-state index contributed by atoms with van der Waals surface area (Å²) in [4.78, 5) is 22.4. The number of hydrogen-bond acceptors (Lipinski definition) is 3. The first kappa shape index (κ1) is 18.4. The molecule has 0 heterocycles. The molecule has 0 aliphatic rings. The van der Waals surface area contributed by atoms with Gasteiger partial charge < -0.3 is 5.32 Å². The number of nitrogens with zero attached hydrogens (tertiary/aromatic N) is 1.